The second kappa shape index (κ2) is 38.9. The quantitative estimate of drug-likeness (QED) is 0.0145. The molecule has 33 heteroatoms. The zero-order valence-electron chi connectivity index (χ0n) is 52.5. The van der Waals surface area contributed by atoms with Crippen molar-refractivity contribution in [2.24, 2.45) is 0 Å². The summed E-state index contributed by atoms with van der Waals surface area (Å²) in [4.78, 5) is 78.2. The van der Waals surface area contributed by atoms with E-state index in [0.717, 1.165) is 0 Å². The van der Waals surface area contributed by atoms with Crippen LogP contribution in [0, 0.1) is 0 Å². The SMILES string of the molecule is CC(CCc1ccc(OC(=O)[C@H](O)[C@@H](O)[C@H](O)[C@H](O)CO)cc1)(CCc1ccc(OC(=O)[C@H](O)[C@@H](O)[C@H](O)[C@H](O)CO)cc1)OC(=O)CC(O)C(=O)OC(C)(CCc1ccc(OC(=O)[C@H](O)[C@@H](O)[C@H](O)[C@H](O)CO)cc1)CCc1ccc(OC(=O)[C@H](O)[C@@H](O)[C@H](O)[C@H](O)CO)cc1. The first kappa shape index (κ1) is 82.3. The topological polar surface area (TPSA) is 583 Å². The molecule has 0 heterocycles. The fraction of sp³-hybridized carbons (Fsp3) is 0.531. The molecule has 540 valence electrons. The number of esters is 6. The lowest BCUT2D eigenvalue weighted by atomic mass is 9.90. The molecule has 4 rings (SSSR count). The molecule has 0 aliphatic heterocycles. The minimum atomic E-state index is -2.35. The summed E-state index contributed by atoms with van der Waals surface area (Å²) in [6.45, 7) is -0.927. The van der Waals surface area contributed by atoms with Gasteiger partial charge in [0.05, 0.1) is 32.8 Å². The largest absolute Gasteiger partial charge is 0.459 e. The van der Waals surface area contributed by atoms with Gasteiger partial charge in [-0.05, 0) is 136 Å². The summed E-state index contributed by atoms with van der Waals surface area (Å²) in [5.74, 6) is -8.60. The minimum Gasteiger partial charge on any atom is -0.459 e. The number of carbonyl (C=O) groups excluding carboxylic acids is 6. The molecule has 4 aromatic carbocycles. The molecule has 0 aliphatic carbocycles. The summed E-state index contributed by atoms with van der Waals surface area (Å²) in [6, 6.07) is 22.4. The number of ether oxygens (including phenoxy) is 6. The van der Waals surface area contributed by atoms with Crippen LogP contribution in [0.2, 0.25) is 0 Å². The highest BCUT2D eigenvalue weighted by molar-refractivity contribution is 5.82. The maximum Gasteiger partial charge on any atom is 0.343 e. The van der Waals surface area contributed by atoms with Crippen LogP contribution >= 0.6 is 0 Å². The van der Waals surface area contributed by atoms with Crippen LogP contribution in [0.3, 0.4) is 0 Å². The van der Waals surface area contributed by atoms with Gasteiger partial charge in [0.1, 0.15) is 107 Å². The van der Waals surface area contributed by atoms with Gasteiger partial charge in [0, 0.05) is 0 Å². The van der Waals surface area contributed by atoms with Gasteiger partial charge < -0.3 is 136 Å². The van der Waals surface area contributed by atoms with E-state index < -0.39 is 184 Å². The number of rotatable bonds is 41. The van der Waals surface area contributed by atoms with Crippen molar-refractivity contribution >= 4 is 35.8 Å². The fourth-order valence-electron chi connectivity index (χ4n) is 9.21. The molecular formula is C64H86O33. The standard InChI is InChI=1S/C64H86O33/c1-63(23-19-32-3-11-36(12-4-32)92-59(88)54(83)50(79)46(75)41(70)28-65,24-20-33-5-13-37(14-6-33)93-60(89)55(84)51(80)47(76)42(71)29-66)96-45(74)27-40(69)58(87)97-64(2,25-21-34-7-15-38(16-8-34)94-61(90)56(85)52(81)48(77)43(72)30-67)26-22-35-9-17-39(18-10-35)95-62(91)57(86)53(82)49(78)44(73)31-68/h3-18,40-44,46-57,65-73,75-86H,19-31H2,1-2H3/t40?,41-,42-,43-,44-,46-,47-,48-,49-,50+,51+,52+,53+,54-,55-,56-,57-/m1/s1. The van der Waals surface area contributed by atoms with Crippen molar-refractivity contribution in [3.63, 3.8) is 0 Å². The molecule has 0 aromatic heterocycles. The second-order valence-electron chi connectivity index (χ2n) is 23.5. The fourth-order valence-corrected chi connectivity index (χ4v) is 9.21. The third-order valence-electron chi connectivity index (χ3n) is 15.7. The smallest absolute Gasteiger partial charge is 0.343 e. The zero-order valence-corrected chi connectivity index (χ0v) is 52.5. The van der Waals surface area contributed by atoms with E-state index in [1.165, 1.54) is 104 Å². The number of carbonyl (C=O) groups is 6. The molecule has 4 aromatic rings. The average Bonchev–Trinajstić information content (AvgIpc) is 0.921. The molecular weight excluding hydrogens is 1300 g/mol. The predicted molar refractivity (Wildman–Crippen MR) is 326 cm³/mol. The lowest BCUT2D eigenvalue weighted by molar-refractivity contribution is -0.176. The number of aliphatic hydroxyl groups excluding tert-OH is 21. The Hall–Kier alpha value is -7.14. The third kappa shape index (κ3) is 25.3. The van der Waals surface area contributed by atoms with Crippen molar-refractivity contribution in [2.75, 3.05) is 26.4 Å². The number of aliphatic hydroxyl groups is 21. The normalized spacial score (nSPS) is 17.3. The maximum atomic E-state index is 14.0. The third-order valence-corrected chi connectivity index (χ3v) is 15.7. The Labute approximate surface area is 554 Å². The molecule has 0 amide bonds. The Balaban J connectivity index is 1.55. The number of aryl methyl sites for hydroxylation is 4. The summed E-state index contributed by atoms with van der Waals surface area (Å²) in [5, 5.41) is 207. The van der Waals surface area contributed by atoms with Crippen molar-refractivity contribution in [3.05, 3.63) is 119 Å². The van der Waals surface area contributed by atoms with E-state index in [2.05, 4.69) is 0 Å². The first-order valence-corrected chi connectivity index (χ1v) is 30.3. The van der Waals surface area contributed by atoms with Crippen molar-refractivity contribution < 1.29 is 164 Å². The zero-order chi connectivity index (χ0) is 72.6. The molecule has 0 bridgehead atoms. The van der Waals surface area contributed by atoms with Crippen LogP contribution in [0.25, 0.3) is 0 Å². The summed E-state index contributed by atoms with van der Waals surface area (Å²) >= 11 is 0. The Morgan fingerprint density at radius 3 is 0.722 bits per heavy atom. The molecule has 1 unspecified atom stereocenters. The molecule has 0 fully saturated rings. The molecule has 0 spiro atoms. The van der Waals surface area contributed by atoms with E-state index in [1.807, 2.05) is 0 Å². The van der Waals surface area contributed by atoms with Gasteiger partial charge in [0.25, 0.3) is 0 Å². The van der Waals surface area contributed by atoms with Gasteiger partial charge >= 0.3 is 35.8 Å². The highest BCUT2D eigenvalue weighted by atomic mass is 16.6. The monoisotopic (exact) mass is 1380 g/mol. The Morgan fingerprint density at radius 1 is 0.309 bits per heavy atom. The predicted octanol–water partition coefficient (Wildman–Crippen LogP) is -6.76. The molecule has 33 nitrogen and oxygen atoms in total. The van der Waals surface area contributed by atoms with E-state index in [-0.39, 0.29) is 74.4 Å². The highest BCUT2D eigenvalue weighted by Crippen LogP contribution is 2.31. The number of hydrogen-bond acceptors (Lipinski definition) is 33. The first-order chi connectivity index (χ1) is 45.6. The summed E-state index contributed by atoms with van der Waals surface area (Å²) < 4.78 is 32.4. The molecule has 21 N–H and O–H groups in total. The van der Waals surface area contributed by atoms with Crippen LogP contribution in [0.1, 0.15) is 68.2 Å². The molecule has 17 atom stereocenters. The van der Waals surface area contributed by atoms with E-state index in [9.17, 15) is 116 Å². The van der Waals surface area contributed by atoms with Crippen molar-refractivity contribution in [3.8, 4) is 23.0 Å². The number of benzene rings is 4. The first-order valence-electron chi connectivity index (χ1n) is 30.3. The molecule has 97 heavy (non-hydrogen) atoms. The maximum absolute atomic E-state index is 14.0. The van der Waals surface area contributed by atoms with Gasteiger partial charge in [-0.15, -0.1) is 0 Å². The van der Waals surface area contributed by atoms with Gasteiger partial charge in [0.15, 0.2) is 30.5 Å². The van der Waals surface area contributed by atoms with Crippen LogP contribution < -0.4 is 18.9 Å². The Morgan fingerprint density at radius 2 is 0.515 bits per heavy atom. The highest BCUT2D eigenvalue weighted by Gasteiger charge is 2.40. The van der Waals surface area contributed by atoms with Crippen molar-refractivity contribution in [1.29, 1.82) is 0 Å². The van der Waals surface area contributed by atoms with Crippen LogP contribution in [0.5, 0.6) is 23.0 Å². The molecule has 0 saturated heterocycles. The second-order valence-corrected chi connectivity index (χ2v) is 23.5. The molecule has 0 saturated carbocycles. The van der Waals surface area contributed by atoms with E-state index in [1.54, 1.807) is 6.92 Å². The van der Waals surface area contributed by atoms with E-state index in [0.29, 0.717) is 22.3 Å². The Bertz CT molecular complexity index is 2900. The molecule has 0 radical (unpaired) electrons. The van der Waals surface area contributed by atoms with Crippen molar-refractivity contribution in [2.45, 2.75) is 187 Å². The van der Waals surface area contributed by atoms with Gasteiger partial charge in [-0.25, -0.2) is 24.0 Å². The van der Waals surface area contributed by atoms with Crippen LogP contribution in [-0.4, -0.2) is 284 Å². The van der Waals surface area contributed by atoms with Gasteiger partial charge in [0.2, 0.25) is 0 Å². The summed E-state index contributed by atoms with van der Waals surface area (Å²) in [7, 11) is 0. The lowest BCUT2D eigenvalue weighted by Crippen LogP contribution is -2.49. The van der Waals surface area contributed by atoms with Crippen LogP contribution in [0.4, 0.5) is 0 Å². The minimum absolute atomic E-state index is 0.0000495. The van der Waals surface area contributed by atoms with Gasteiger partial charge in [-0.3, -0.25) is 4.79 Å². The summed E-state index contributed by atoms with van der Waals surface area (Å²) in [6.07, 6.45) is -37.0. The average molecular weight is 1380 g/mol. The van der Waals surface area contributed by atoms with Crippen LogP contribution in [-0.2, 0) is 63.9 Å². The lowest BCUT2D eigenvalue weighted by Gasteiger charge is -2.32. The van der Waals surface area contributed by atoms with Gasteiger partial charge in [-0.1, -0.05) is 48.5 Å². The number of hydrogen-bond donors (Lipinski definition) is 21. The summed E-state index contributed by atoms with van der Waals surface area (Å²) in [5.41, 5.74) is -0.735. The van der Waals surface area contributed by atoms with E-state index in [4.69, 9.17) is 48.8 Å². The van der Waals surface area contributed by atoms with Crippen molar-refractivity contribution in [1.82, 2.24) is 0 Å². The Kier molecular flexibility index (Phi) is 33.0. The molecule has 0 aliphatic rings. The van der Waals surface area contributed by atoms with E-state index >= 15 is 0 Å². The van der Waals surface area contributed by atoms with Gasteiger partial charge in [-0.2, -0.15) is 0 Å². The van der Waals surface area contributed by atoms with Crippen LogP contribution in [0.15, 0.2) is 97.1 Å².